The Labute approximate surface area is 168 Å². The van der Waals surface area contributed by atoms with Crippen LogP contribution >= 0.6 is 0 Å². The van der Waals surface area contributed by atoms with Crippen molar-refractivity contribution in [3.8, 4) is 5.75 Å². The zero-order valence-corrected chi connectivity index (χ0v) is 17.3. The standard InChI is InChI=1S/C24H33NO3/c1-17-19(15-25-13-12-24(2,16-25)23(26)27)9-8-18-14-21(10-11-22(17)18)28-20-6-4-3-5-7-20/h10-11,14,20H,3-9,12-13,15-16H2,1-2H3,(H,26,27). The Kier molecular flexibility index (Phi) is 5.50. The molecule has 1 heterocycles. The number of hydrogen-bond donors (Lipinski definition) is 1. The number of allylic oxidation sites excluding steroid dienone is 1. The predicted molar refractivity (Wildman–Crippen MR) is 112 cm³/mol. The van der Waals surface area contributed by atoms with E-state index in [1.54, 1.807) is 0 Å². The first kappa shape index (κ1) is 19.5. The van der Waals surface area contributed by atoms with Crippen molar-refractivity contribution in [1.29, 1.82) is 0 Å². The first-order valence-corrected chi connectivity index (χ1v) is 10.9. The lowest BCUT2D eigenvalue weighted by Crippen LogP contribution is -2.32. The number of nitrogens with zero attached hydrogens (tertiary/aromatic N) is 1. The van der Waals surface area contributed by atoms with Crippen LogP contribution in [0.2, 0.25) is 0 Å². The van der Waals surface area contributed by atoms with Crippen LogP contribution < -0.4 is 4.74 Å². The Balaban J connectivity index is 1.45. The minimum absolute atomic E-state index is 0.390. The van der Waals surface area contributed by atoms with Gasteiger partial charge in [-0.15, -0.1) is 0 Å². The number of carboxylic acid groups (broad SMARTS) is 1. The van der Waals surface area contributed by atoms with Crippen LogP contribution in [-0.2, 0) is 11.2 Å². The van der Waals surface area contributed by atoms with Crippen LogP contribution in [0.4, 0.5) is 0 Å². The Hall–Kier alpha value is -1.81. The van der Waals surface area contributed by atoms with Crippen molar-refractivity contribution in [1.82, 2.24) is 4.90 Å². The van der Waals surface area contributed by atoms with Gasteiger partial charge in [0.25, 0.3) is 0 Å². The second-order valence-corrected chi connectivity index (χ2v) is 9.25. The smallest absolute Gasteiger partial charge is 0.310 e. The molecule has 0 aromatic heterocycles. The molecule has 2 fully saturated rings. The van der Waals surface area contributed by atoms with Gasteiger partial charge in [0.05, 0.1) is 11.5 Å². The van der Waals surface area contributed by atoms with Crippen LogP contribution in [0, 0.1) is 5.41 Å². The normalized spacial score (nSPS) is 26.4. The number of carbonyl (C=O) groups is 1. The van der Waals surface area contributed by atoms with Gasteiger partial charge in [0, 0.05) is 13.1 Å². The van der Waals surface area contributed by atoms with Gasteiger partial charge in [0.15, 0.2) is 0 Å². The number of rotatable bonds is 5. The molecule has 1 aliphatic heterocycles. The second-order valence-electron chi connectivity index (χ2n) is 9.25. The predicted octanol–water partition coefficient (Wildman–Crippen LogP) is 4.91. The highest BCUT2D eigenvalue weighted by molar-refractivity contribution is 5.75. The minimum Gasteiger partial charge on any atom is -0.490 e. The van der Waals surface area contributed by atoms with Crippen molar-refractivity contribution in [2.75, 3.05) is 19.6 Å². The number of carboxylic acids is 1. The molecule has 0 bridgehead atoms. The molecule has 0 radical (unpaired) electrons. The van der Waals surface area contributed by atoms with Crippen molar-refractivity contribution in [2.24, 2.45) is 5.41 Å². The number of benzene rings is 1. The van der Waals surface area contributed by atoms with Gasteiger partial charge in [-0.05, 0) is 94.2 Å². The van der Waals surface area contributed by atoms with Crippen molar-refractivity contribution in [2.45, 2.75) is 71.3 Å². The number of ether oxygens (including phenoxy) is 1. The number of hydrogen-bond acceptors (Lipinski definition) is 3. The van der Waals surface area contributed by atoms with Crippen molar-refractivity contribution in [3.63, 3.8) is 0 Å². The third-order valence-corrected chi connectivity index (χ3v) is 7.05. The third kappa shape index (κ3) is 3.98. The summed E-state index contributed by atoms with van der Waals surface area (Å²) in [6, 6.07) is 6.62. The Morgan fingerprint density at radius 2 is 2.04 bits per heavy atom. The molecule has 2 aliphatic carbocycles. The summed E-state index contributed by atoms with van der Waals surface area (Å²) in [5, 5.41) is 9.47. The molecule has 0 amide bonds. The van der Waals surface area contributed by atoms with Crippen molar-refractivity contribution in [3.05, 3.63) is 34.9 Å². The van der Waals surface area contributed by atoms with Crippen molar-refractivity contribution >= 4 is 11.5 Å². The summed E-state index contributed by atoms with van der Waals surface area (Å²) in [4.78, 5) is 13.8. The summed E-state index contributed by atoms with van der Waals surface area (Å²) in [5.41, 5.74) is 4.98. The zero-order chi connectivity index (χ0) is 19.7. The molecule has 1 unspecified atom stereocenters. The molecule has 4 nitrogen and oxygen atoms in total. The van der Waals surface area contributed by atoms with Gasteiger partial charge < -0.3 is 9.84 Å². The monoisotopic (exact) mass is 383 g/mol. The summed E-state index contributed by atoms with van der Waals surface area (Å²) in [6.45, 7) is 6.53. The van der Waals surface area contributed by atoms with E-state index < -0.39 is 11.4 Å². The topological polar surface area (TPSA) is 49.8 Å². The van der Waals surface area contributed by atoms with E-state index >= 15 is 0 Å². The molecule has 28 heavy (non-hydrogen) atoms. The largest absolute Gasteiger partial charge is 0.490 e. The molecular formula is C24H33NO3. The highest BCUT2D eigenvalue weighted by Gasteiger charge is 2.40. The number of aryl methyl sites for hydroxylation is 1. The van der Waals surface area contributed by atoms with Gasteiger partial charge in [-0.1, -0.05) is 18.1 Å². The molecule has 4 rings (SSSR count). The van der Waals surface area contributed by atoms with E-state index in [4.69, 9.17) is 4.74 Å². The van der Waals surface area contributed by atoms with Crippen LogP contribution in [0.5, 0.6) is 5.75 Å². The fraction of sp³-hybridized carbons (Fsp3) is 0.625. The van der Waals surface area contributed by atoms with Gasteiger partial charge in [0.1, 0.15) is 5.75 Å². The van der Waals surface area contributed by atoms with Gasteiger partial charge in [0.2, 0.25) is 0 Å². The van der Waals surface area contributed by atoms with Gasteiger partial charge in [-0.25, -0.2) is 0 Å². The summed E-state index contributed by atoms with van der Waals surface area (Å²) in [6.07, 6.45) is 9.54. The average molecular weight is 384 g/mol. The van der Waals surface area contributed by atoms with E-state index in [9.17, 15) is 9.90 Å². The molecule has 0 spiro atoms. The van der Waals surface area contributed by atoms with Crippen LogP contribution in [0.15, 0.2) is 23.8 Å². The minimum atomic E-state index is -0.666. The van der Waals surface area contributed by atoms with Gasteiger partial charge in [-0.2, -0.15) is 0 Å². The lowest BCUT2D eigenvalue weighted by atomic mass is 9.86. The molecule has 1 atom stereocenters. The molecule has 1 aromatic rings. The second kappa shape index (κ2) is 7.90. The van der Waals surface area contributed by atoms with Crippen LogP contribution in [-0.4, -0.2) is 41.7 Å². The maximum absolute atomic E-state index is 11.5. The number of fused-ring (bicyclic) bond motifs is 1. The zero-order valence-electron chi connectivity index (χ0n) is 17.3. The Bertz CT molecular complexity index is 778. The molecular weight excluding hydrogens is 350 g/mol. The number of aliphatic carboxylic acids is 1. The first-order chi connectivity index (χ1) is 13.4. The average Bonchev–Trinajstić information content (AvgIpc) is 3.07. The lowest BCUT2D eigenvalue weighted by Gasteiger charge is -2.27. The fourth-order valence-electron chi connectivity index (χ4n) is 5.09. The van der Waals surface area contributed by atoms with E-state index in [1.807, 2.05) is 6.92 Å². The molecule has 3 aliphatic rings. The van der Waals surface area contributed by atoms with E-state index in [0.717, 1.165) is 38.1 Å². The third-order valence-electron chi connectivity index (χ3n) is 7.05. The molecule has 1 saturated heterocycles. The highest BCUT2D eigenvalue weighted by atomic mass is 16.5. The maximum Gasteiger partial charge on any atom is 0.310 e. The number of likely N-dealkylation sites (tertiary alicyclic amines) is 1. The van der Waals surface area contributed by atoms with E-state index in [2.05, 4.69) is 30.0 Å². The van der Waals surface area contributed by atoms with Gasteiger partial charge in [-0.3, -0.25) is 9.69 Å². The Morgan fingerprint density at radius 3 is 2.75 bits per heavy atom. The molecule has 152 valence electrons. The molecule has 1 N–H and O–H groups in total. The van der Waals surface area contributed by atoms with Crippen LogP contribution in [0.1, 0.15) is 69.9 Å². The lowest BCUT2D eigenvalue weighted by molar-refractivity contribution is -0.147. The molecule has 4 heteroatoms. The summed E-state index contributed by atoms with van der Waals surface area (Å²) in [5.74, 6) is 0.360. The van der Waals surface area contributed by atoms with Crippen LogP contribution in [0.3, 0.4) is 0 Å². The quantitative estimate of drug-likeness (QED) is 0.784. The van der Waals surface area contributed by atoms with Crippen molar-refractivity contribution < 1.29 is 14.6 Å². The molecule has 1 aromatic carbocycles. The Morgan fingerprint density at radius 1 is 1.25 bits per heavy atom. The molecule has 1 saturated carbocycles. The van der Waals surface area contributed by atoms with E-state index in [0.29, 0.717) is 12.6 Å². The first-order valence-electron chi connectivity index (χ1n) is 10.9. The maximum atomic E-state index is 11.5. The SMILES string of the molecule is CC1=C(CN2CCC(C)(C(=O)O)C2)CCc2cc(OC3CCCCC3)ccc21. The van der Waals surface area contributed by atoms with E-state index in [1.165, 1.54) is 54.4 Å². The summed E-state index contributed by atoms with van der Waals surface area (Å²) >= 11 is 0. The summed E-state index contributed by atoms with van der Waals surface area (Å²) < 4.78 is 6.26. The summed E-state index contributed by atoms with van der Waals surface area (Å²) in [7, 11) is 0. The van der Waals surface area contributed by atoms with Gasteiger partial charge >= 0.3 is 5.97 Å². The van der Waals surface area contributed by atoms with E-state index in [-0.39, 0.29) is 0 Å². The van der Waals surface area contributed by atoms with Crippen LogP contribution in [0.25, 0.3) is 5.57 Å². The highest BCUT2D eigenvalue weighted by Crippen LogP contribution is 2.36. The fourth-order valence-corrected chi connectivity index (χ4v) is 5.09.